The van der Waals surface area contributed by atoms with E-state index in [-0.39, 0.29) is 13.2 Å². The highest BCUT2D eigenvalue weighted by Crippen LogP contribution is 1.72. The lowest BCUT2D eigenvalue weighted by Crippen LogP contribution is -2.32. The van der Waals surface area contributed by atoms with Gasteiger partial charge in [-0.25, -0.2) is 0 Å². The molecule has 44 valence electrons. The van der Waals surface area contributed by atoms with E-state index < -0.39 is 6.04 Å². The Morgan fingerprint density at radius 3 is 1.71 bits per heavy atom. The van der Waals surface area contributed by atoms with Crippen molar-refractivity contribution in [1.29, 1.82) is 0 Å². The Morgan fingerprint density at radius 1 is 1.29 bits per heavy atom. The molecule has 0 aliphatic carbocycles. The summed E-state index contributed by atoms with van der Waals surface area (Å²) >= 11 is 0. The van der Waals surface area contributed by atoms with Crippen LogP contribution in [0.25, 0.3) is 0 Å². The Balaban J connectivity index is 2.99. The molecule has 0 heterocycles. The molecule has 0 saturated heterocycles. The summed E-state index contributed by atoms with van der Waals surface area (Å²) in [4.78, 5) is 0. The summed E-state index contributed by atoms with van der Waals surface area (Å²) < 4.78 is 0. The van der Waals surface area contributed by atoms with Gasteiger partial charge in [0.2, 0.25) is 0 Å². The van der Waals surface area contributed by atoms with Crippen LogP contribution in [0.2, 0.25) is 0 Å². The largest absolute Gasteiger partial charge is 0.395 e. The molecule has 0 spiro atoms. The van der Waals surface area contributed by atoms with Crippen molar-refractivity contribution >= 4 is 0 Å². The topological polar surface area (TPSA) is 72.7 Å². The summed E-state index contributed by atoms with van der Waals surface area (Å²) in [6.07, 6.45) is 0. The number of aliphatic hydroxyl groups is 2. The van der Waals surface area contributed by atoms with Crippen LogP contribution >= 0.6 is 0 Å². The molecule has 7 heavy (non-hydrogen) atoms. The summed E-state index contributed by atoms with van der Waals surface area (Å²) in [5.41, 5.74) is 1.70. The average Bonchev–Trinajstić information content (AvgIpc) is 1.72. The molecular formula is C3H9NO3. The number of hydrogen-bond donors (Lipinski definition) is 4. The maximum Gasteiger partial charge on any atom is 0.0781 e. The second kappa shape index (κ2) is 4.01. The zero-order valence-corrected chi connectivity index (χ0v) is 3.83. The fourth-order valence-electron chi connectivity index (χ4n) is 0.139. The lowest BCUT2D eigenvalue weighted by molar-refractivity contribution is 0.0586. The van der Waals surface area contributed by atoms with Crippen molar-refractivity contribution in [3.63, 3.8) is 0 Å². The van der Waals surface area contributed by atoms with Gasteiger partial charge in [-0.1, -0.05) is 0 Å². The highest BCUT2D eigenvalue weighted by atomic mass is 16.5. The van der Waals surface area contributed by atoms with Crippen LogP contribution in [0.4, 0.5) is 0 Å². The maximum absolute atomic E-state index is 8.14. The van der Waals surface area contributed by atoms with Crippen LogP contribution in [0.15, 0.2) is 0 Å². The van der Waals surface area contributed by atoms with Gasteiger partial charge in [0, 0.05) is 0 Å². The Hall–Kier alpha value is -0.160. The van der Waals surface area contributed by atoms with E-state index >= 15 is 0 Å². The van der Waals surface area contributed by atoms with Gasteiger partial charge in [0.05, 0.1) is 19.3 Å². The molecule has 0 radical (unpaired) electrons. The highest BCUT2D eigenvalue weighted by Gasteiger charge is 1.99. The van der Waals surface area contributed by atoms with E-state index in [0.717, 1.165) is 0 Å². The normalized spacial score (nSPS) is 10.3. The fraction of sp³-hybridized carbons (Fsp3) is 1.00. The van der Waals surface area contributed by atoms with E-state index in [2.05, 4.69) is 0 Å². The third-order valence-electron chi connectivity index (χ3n) is 0.623. The summed E-state index contributed by atoms with van der Waals surface area (Å²) in [7, 11) is 0. The lowest BCUT2D eigenvalue weighted by Gasteiger charge is -2.04. The van der Waals surface area contributed by atoms with E-state index in [0.29, 0.717) is 0 Å². The van der Waals surface area contributed by atoms with Crippen molar-refractivity contribution in [1.82, 2.24) is 5.48 Å². The Labute approximate surface area is 41.4 Å². The first-order chi connectivity index (χ1) is 3.35. The molecule has 4 N–H and O–H groups in total. The molecule has 0 atom stereocenters. The molecule has 0 aromatic carbocycles. The fourth-order valence-corrected chi connectivity index (χ4v) is 0.139. The van der Waals surface area contributed by atoms with Gasteiger partial charge in [-0.05, 0) is 0 Å². The van der Waals surface area contributed by atoms with Gasteiger partial charge in [0.25, 0.3) is 0 Å². The van der Waals surface area contributed by atoms with Crippen LogP contribution < -0.4 is 5.48 Å². The zero-order valence-electron chi connectivity index (χ0n) is 3.83. The first kappa shape index (κ1) is 6.84. The summed E-state index contributed by atoms with van der Waals surface area (Å²) in [5.74, 6) is 0. The number of nitrogens with one attached hydrogen (secondary N) is 1. The van der Waals surface area contributed by atoms with Crippen LogP contribution in [-0.2, 0) is 0 Å². The number of hydrogen-bond acceptors (Lipinski definition) is 4. The van der Waals surface area contributed by atoms with E-state index in [4.69, 9.17) is 15.4 Å². The maximum atomic E-state index is 8.14. The molecule has 0 aromatic rings. The summed E-state index contributed by atoms with van der Waals surface area (Å²) in [5, 5.41) is 24.2. The lowest BCUT2D eigenvalue weighted by atomic mass is 10.4. The minimum atomic E-state index is -0.597. The van der Waals surface area contributed by atoms with Gasteiger partial charge in [0.15, 0.2) is 0 Å². The van der Waals surface area contributed by atoms with Crippen LogP contribution in [0.5, 0.6) is 0 Å². The Bertz CT molecular complexity index is 31.7. The third kappa shape index (κ3) is 2.52. The molecule has 0 fully saturated rings. The van der Waals surface area contributed by atoms with Crippen molar-refractivity contribution in [2.75, 3.05) is 13.2 Å². The SMILES string of the molecule is OCC(CO)NO. The van der Waals surface area contributed by atoms with E-state index in [1.165, 1.54) is 0 Å². The monoisotopic (exact) mass is 107 g/mol. The number of aliphatic hydroxyl groups excluding tert-OH is 2. The first-order valence-corrected chi connectivity index (χ1v) is 1.96. The Morgan fingerprint density at radius 2 is 1.71 bits per heavy atom. The molecular weight excluding hydrogens is 98.0 g/mol. The Kier molecular flexibility index (Phi) is 3.92. The molecule has 0 amide bonds. The zero-order chi connectivity index (χ0) is 5.70. The van der Waals surface area contributed by atoms with Crippen LogP contribution in [-0.4, -0.2) is 34.7 Å². The van der Waals surface area contributed by atoms with Crippen molar-refractivity contribution in [2.45, 2.75) is 6.04 Å². The van der Waals surface area contributed by atoms with Crippen LogP contribution in [0, 0.1) is 0 Å². The van der Waals surface area contributed by atoms with E-state index in [1.807, 2.05) is 0 Å². The molecule has 0 aliphatic heterocycles. The van der Waals surface area contributed by atoms with Gasteiger partial charge < -0.3 is 15.4 Å². The molecule has 4 nitrogen and oxygen atoms in total. The minimum Gasteiger partial charge on any atom is -0.395 e. The smallest absolute Gasteiger partial charge is 0.0781 e. The van der Waals surface area contributed by atoms with Gasteiger partial charge in [-0.2, -0.15) is 5.48 Å². The third-order valence-corrected chi connectivity index (χ3v) is 0.623. The van der Waals surface area contributed by atoms with Gasteiger partial charge in [-0.15, -0.1) is 0 Å². The summed E-state index contributed by atoms with van der Waals surface area (Å²) in [6.45, 7) is -0.514. The van der Waals surface area contributed by atoms with Gasteiger partial charge in [-0.3, -0.25) is 0 Å². The van der Waals surface area contributed by atoms with Crippen molar-refractivity contribution in [3.8, 4) is 0 Å². The second-order valence-electron chi connectivity index (χ2n) is 1.19. The molecule has 0 bridgehead atoms. The molecule has 0 aliphatic rings. The standard InChI is InChI=1S/C3H9NO3/c5-1-3(2-6)4-7/h3-7H,1-2H2. The highest BCUT2D eigenvalue weighted by molar-refractivity contribution is 4.54. The average molecular weight is 107 g/mol. The molecule has 0 saturated carbocycles. The van der Waals surface area contributed by atoms with Crippen LogP contribution in [0.3, 0.4) is 0 Å². The number of hydroxylamine groups is 1. The molecule has 0 aromatic heterocycles. The molecule has 0 rings (SSSR count). The first-order valence-electron chi connectivity index (χ1n) is 1.96. The number of rotatable bonds is 3. The predicted octanol–water partition coefficient (Wildman–Crippen LogP) is -1.68. The second-order valence-corrected chi connectivity index (χ2v) is 1.19. The van der Waals surface area contributed by atoms with E-state index in [9.17, 15) is 0 Å². The van der Waals surface area contributed by atoms with Gasteiger partial charge in [0.1, 0.15) is 0 Å². The van der Waals surface area contributed by atoms with Crippen molar-refractivity contribution < 1.29 is 15.4 Å². The summed E-state index contributed by atoms with van der Waals surface area (Å²) in [6, 6.07) is -0.597. The quantitative estimate of drug-likeness (QED) is 0.325. The molecule has 0 unspecified atom stereocenters. The minimum absolute atomic E-state index is 0.257. The van der Waals surface area contributed by atoms with Crippen molar-refractivity contribution in [2.24, 2.45) is 0 Å². The predicted molar refractivity (Wildman–Crippen MR) is 22.9 cm³/mol. The van der Waals surface area contributed by atoms with Crippen molar-refractivity contribution in [3.05, 3.63) is 0 Å². The van der Waals surface area contributed by atoms with Gasteiger partial charge >= 0.3 is 0 Å². The van der Waals surface area contributed by atoms with E-state index in [1.54, 1.807) is 5.48 Å². The van der Waals surface area contributed by atoms with Crippen LogP contribution in [0.1, 0.15) is 0 Å². The molecule has 4 heteroatoms.